The maximum Gasteiger partial charge on any atom is 0.252 e. The van der Waals surface area contributed by atoms with E-state index in [2.05, 4.69) is 5.32 Å². The molecule has 0 aromatic heterocycles. The number of nitrogens with one attached hydrogen (secondary N) is 1. The van der Waals surface area contributed by atoms with Gasteiger partial charge < -0.3 is 11.1 Å². The lowest BCUT2D eigenvalue weighted by Gasteiger charge is -2.28. The molecule has 3 N–H and O–H groups in total. The first kappa shape index (κ1) is 22.9. The molecule has 1 amide bonds. The van der Waals surface area contributed by atoms with Gasteiger partial charge in [-0.3, -0.25) is 4.79 Å². The number of amides is 1. The van der Waals surface area contributed by atoms with E-state index < -0.39 is 21.5 Å². The van der Waals surface area contributed by atoms with Crippen molar-refractivity contribution >= 4 is 28.3 Å². The number of carbonyl (C=O) groups is 1. The Morgan fingerprint density at radius 2 is 1.73 bits per heavy atom. The van der Waals surface area contributed by atoms with Crippen molar-refractivity contribution < 1.29 is 13.2 Å². The molecule has 0 spiro atoms. The normalized spacial score (nSPS) is 16.0. The Hall–Kier alpha value is -1.15. The fourth-order valence-corrected chi connectivity index (χ4v) is 4.68. The molecule has 8 heteroatoms. The summed E-state index contributed by atoms with van der Waals surface area (Å²) in [6, 6.07) is 6.40. The molecule has 148 valence electrons. The summed E-state index contributed by atoms with van der Waals surface area (Å²) >= 11 is 0. The lowest BCUT2D eigenvalue weighted by Crippen LogP contribution is -2.49. The number of piperidine rings is 1. The predicted molar refractivity (Wildman–Crippen MR) is 106 cm³/mol. The average molecular weight is 404 g/mol. The third kappa shape index (κ3) is 5.19. The van der Waals surface area contributed by atoms with Gasteiger partial charge in [-0.2, -0.15) is 4.31 Å². The van der Waals surface area contributed by atoms with Crippen molar-refractivity contribution in [3.8, 4) is 0 Å². The van der Waals surface area contributed by atoms with Crippen LogP contribution in [0, 0.1) is 0 Å². The number of benzene rings is 1. The minimum atomic E-state index is -3.66. The van der Waals surface area contributed by atoms with Crippen LogP contribution in [-0.2, 0) is 10.0 Å². The van der Waals surface area contributed by atoms with Gasteiger partial charge in [0.15, 0.2) is 0 Å². The van der Waals surface area contributed by atoms with Gasteiger partial charge in [-0.25, -0.2) is 8.42 Å². The van der Waals surface area contributed by atoms with E-state index in [4.69, 9.17) is 5.73 Å². The summed E-state index contributed by atoms with van der Waals surface area (Å²) in [5.74, 6) is -0.395. The second-order valence-electron chi connectivity index (χ2n) is 6.71. The zero-order chi connectivity index (χ0) is 18.5. The van der Waals surface area contributed by atoms with E-state index >= 15 is 0 Å². The summed E-state index contributed by atoms with van der Waals surface area (Å²) < 4.78 is 27.4. The minimum Gasteiger partial charge on any atom is -0.350 e. The quantitative estimate of drug-likeness (QED) is 0.731. The predicted octanol–water partition coefficient (Wildman–Crippen LogP) is 2.53. The van der Waals surface area contributed by atoms with Crippen molar-refractivity contribution in [2.24, 2.45) is 5.73 Å². The highest BCUT2D eigenvalue weighted by atomic mass is 35.5. The number of sulfonamides is 1. The molecule has 26 heavy (non-hydrogen) atoms. The number of rotatable bonds is 7. The Bertz CT molecular complexity index is 699. The molecule has 1 aliphatic rings. The van der Waals surface area contributed by atoms with E-state index in [1.807, 2.05) is 13.8 Å². The number of nitrogens with two attached hydrogens (primary N) is 1. The largest absolute Gasteiger partial charge is 0.350 e. The van der Waals surface area contributed by atoms with Crippen molar-refractivity contribution in [3.05, 3.63) is 29.8 Å². The molecule has 1 aromatic carbocycles. The zero-order valence-electron chi connectivity index (χ0n) is 15.5. The molecule has 6 nitrogen and oxygen atoms in total. The van der Waals surface area contributed by atoms with Crippen LogP contribution in [0.15, 0.2) is 29.2 Å². The van der Waals surface area contributed by atoms with Gasteiger partial charge in [-0.15, -0.1) is 12.4 Å². The third-order valence-electron chi connectivity index (χ3n) is 5.07. The van der Waals surface area contributed by atoms with Gasteiger partial charge in [-0.05, 0) is 37.8 Å². The van der Waals surface area contributed by atoms with Crippen LogP contribution >= 0.6 is 12.4 Å². The van der Waals surface area contributed by atoms with Crippen LogP contribution in [0.4, 0.5) is 0 Å². The van der Waals surface area contributed by atoms with Gasteiger partial charge in [0, 0.05) is 25.2 Å². The van der Waals surface area contributed by atoms with E-state index in [1.54, 1.807) is 18.2 Å². The Balaban J connectivity index is 0.00000338. The Morgan fingerprint density at radius 3 is 2.31 bits per heavy atom. The summed E-state index contributed by atoms with van der Waals surface area (Å²) in [5.41, 5.74) is 5.93. The molecule has 0 atom stereocenters. The molecular formula is C18H30ClN3O3S. The number of hydrogen-bond donors (Lipinski definition) is 2. The number of carbonyl (C=O) groups excluding carboxylic acids is 1. The highest BCUT2D eigenvalue weighted by molar-refractivity contribution is 7.89. The third-order valence-corrected chi connectivity index (χ3v) is 7.03. The molecule has 1 fully saturated rings. The number of halogens is 1. The standard InChI is InChI=1S/C18H29N3O3S.ClH/c1-3-18(19,4-2)14-20-17(22)15-10-6-7-11-16(15)25(23,24)21-12-8-5-9-13-21;/h6-7,10-11H,3-5,8-9,12-14,19H2,1-2H3,(H,20,22);1H. The van der Waals surface area contributed by atoms with Crippen LogP contribution in [0.25, 0.3) is 0 Å². The smallest absolute Gasteiger partial charge is 0.252 e. The van der Waals surface area contributed by atoms with Gasteiger partial charge >= 0.3 is 0 Å². The van der Waals surface area contributed by atoms with Crippen molar-refractivity contribution in [1.29, 1.82) is 0 Å². The van der Waals surface area contributed by atoms with E-state index in [0.29, 0.717) is 19.6 Å². The van der Waals surface area contributed by atoms with Gasteiger partial charge in [0.25, 0.3) is 5.91 Å². The first-order chi connectivity index (χ1) is 11.8. The summed E-state index contributed by atoms with van der Waals surface area (Å²) in [7, 11) is -3.66. The highest BCUT2D eigenvalue weighted by Crippen LogP contribution is 2.23. The van der Waals surface area contributed by atoms with Crippen LogP contribution in [0.5, 0.6) is 0 Å². The molecule has 2 rings (SSSR count). The molecule has 0 saturated carbocycles. The second kappa shape index (κ2) is 9.69. The monoisotopic (exact) mass is 403 g/mol. The van der Waals surface area contributed by atoms with Crippen molar-refractivity contribution in [1.82, 2.24) is 9.62 Å². The summed E-state index contributed by atoms with van der Waals surface area (Å²) in [5, 5.41) is 2.81. The fourth-order valence-electron chi connectivity index (χ4n) is 2.98. The number of hydrogen-bond acceptors (Lipinski definition) is 4. The average Bonchev–Trinajstić information content (AvgIpc) is 2.66. The maximum atomic E-state index is 12.9. The molecule has 0 aliphatic carbocycles. The first-order valence-corrected chi connectivity index (χ1v) is 10.4. The van der Waals surface area contributed by atoms with Crippen LogP contribution < -0.4 is 11.1 Å². The summed E-state index contributed by atoms with van der Waals surface area (Å²) in [4.78, 5) is 12.7. The van der Waals surface area contributed by atoms with Gasteiger partial charge in [-0.1, -0.05) is 32.4 Å². The molecule has 1 aromatic rings. The second-order valence-corrected chi connectivity index (χ2v) is 8.62. The first-order valence-electron chi connectivity index (χ1n) is 9.00. The van der Waals surface area contributed by atoms with Gasteiger partial charge in [0.2, 0.25) is 10.0 Å². The fraction of sp³-hybridized carbons (Fsp3) is 0.611. The maximum absolute atomic E-state index is 12.9. The Morgan fingerprint density at radius 1 is 1.15 bits per heavy atom. The van der Waals surface area contributed by atoms with E-state index in [-0.39, 0.29) is 22.9 Å². The molecular weight excluding hydrogens is 374 g/mol. The SMILES string of the molecule is CCC(N)(CC)CNC(=O)c1ccccc1S(=O)(=O)N1CCCCC1.Cl. The van der Waals surface area contributed by atoms with Crippen LogP contribution in [0.2, 0.25) is 0 Å². The lowest BCUT2D eigenvalue weighted by molar-refractivity contribution is 0.0938. The molecule has 0 radical (unpaired) electrons. The van der Waals surface area contributed by atoms with Crippen LogP contribution in [0.3, 0.4) is 0 Å². The van der Waals surface area contributed by atoms with Crippen LogP contribution in [-0.4, -0.2) is 43.8 Å². The molecule has 1 aliphatic heterocycles. The van der Waals surface area contributed by atoms with E-state index in [1.165, 1.54) is 10.4 Å². The summed E-state index contributed by atoms with van der Waals surface area (Å²) in [6.07, 6.45) is 4.22. The topological polar surface area (TPSA) is 92.5 Å². The highest BCUT2D eigenvalue weighted by Gasteiger charge is 2.30. The Labute approximate surface area is 163 Å². The van der Waals surface area contributed by atoms with Gasteiger partial charge in [0.1, 0.15) is 0 Å². The van der Waals surface area contributed by atoms with Gasteiger partial charge in [0.05, 0.1) is 10.5 Å². The molecule has 0 bridgehead atoms. The molecule has 0 unspecified atom stereocenters. The van der Waals surface area contributed by atoms with Crippen LogP contribution in [0.1, 0.15) is 56.3 Å². The van der Waals surface area contributed by atoms with E-state index in [0.717, 1.165) is 32.1 Å². The lowest BCUT2D eigenvalue weighted by atomic mass is 9.94. The Kier molecular flexibility index (Phi) is 8.53. The summed E-state index contributed by atoms with van der Waals surface area (Å²) in [6.45, 7) is 5.29. The van der Waals surface area contributed by atoms with Crippen molar-refractivity contribution in [2.45, 2.75) is 56.4 Å². The molecule has 1 saturated heterocycles. The number of nitrogens with zero attached hydrogens (tertiary/aromatic N) is 1. The zero-order valence-corrected chi connectivity index (χ0v) is 17.2. The van der Waals surface area contributed by atoms with Crippen molar-refractivity contribution in [2.75, 3.05) is 19.6 Å². The molecule has 1 heterocycles. The van der Waals surface area contributed by atoms with Crippen molar-refractivity contribution in [3.63, 3.8) is 0 Å². The van der Waals surface area contributed by atoms with E-state index in [9.17, 15) is 13.2 Å². The minimum absolute atomic E-state index is 0.